The number of carbonyl (C=O) groups is 2. The number of amides is 3. The van der Waals surface area contributed by atoms with Gasteiger partial charge in [0.05, 0.1) is 18.7 Å². The van der Waals surface area contributed by atoms with Crippen molar-refractivity contribution in [3.8, 4) is 5.75 Å². The quantitative estimate of drug-likeness (QED) is 0.804. The van der Waals surface area contributed by atoms with Crippen LogP contribution >= 0.6 is 11.6 Å². The average molecular weight is 408 g/mol. The van der Waals surface area contributed by atoms with Crippen LogP contribution in [-0.4, -0.2) is 56.3 Å². The molecule has 2 aliphatic heterocycles. The summed E-state index contributed by atoms with van der Waals surface area (Å²) in [6, 6.07) is 5.15. The summed E-state index contributed by atoms with van der Waals surface area (Å²) in [5.41, 5.74) is 0.305. The molecule has 3 amide bonds. The first kappa shape index (κ1) is 19.3. The molecule has 0 bridgehead atoms. The summed E-state index contributed by atoms with van der Waals surface area (Å²) < 4.78 is 10.8. The van der Waals surface area contributed by atoms with Gasteiger partial charge in [0.2, 0.25) is 5.91 Å². The Morgan fingerprint density at radius 2 is 2.04 bits per heavy atom. The number of carbonyl (C=O) groups excluding carboxylic acids is 2. The lowest BCUT2D eigenvalue weighted by Gasteiger charge is -2.37. The van der Waals surface area contributed by atoms with Gasteiger partial charge in [0.25, 0.3) is 0 Å². The Hall–Kier alpha value is -1.99. The minimum absolute atomic E-state index is 0.0695. The average Bonchev–Trinajstić information content (AvgIpc) is 3.42. The molecule has 28 heavy (non-hydrogen) atoms. The molecule has 1 saturated carbocycles. The Kier molecular flexibility index (Phi) is 5.38. The molecule has 1 atom stereocenters. The molecule has 2 saturated heterocycles. The number of hydrogen-bond donors (Lipinski definition) is 2. The van der Waals surface area contributed by atoms with Gasteiger partial charge in [-0.05, 0) is 43.9 Å². The number of rotatable bonds is 4. The fourth-order valence-electron chi connectivity index (χ4n) is 4.27. The molecule has 152 valence electrons. The summed E-state index contributed by atoms with van der Waals surface area (Å²) in [4.78, 5) is 27.6. The number of likely N-dealkylation sites (tertiary alicyclic amines) is 1. The lowest BCUT2D eigenvalue weighted by atomic mass is 9.71. The summed E-state index contributed by atoms with van der Waals surface area (Å²) >= 11 is 6.07. The van der Waals surface area contributed by atoms with Crippen LogP contribution < -0.4 is 15.4 Å². The van der Waals surface area contributed by atoms with Crippen molar-refractivity contribution in [2.45, 2.75) is 31.7 Å². The van der Waals surface area contributed by atoms with Gasteiger partial charge >= 0.3 is 6.03 Å². The number of nitrogens with zero attached hydrogens (tertiary/aromatic N) is 1. The van der Waals surface area contributed by atoms with Crippen molar-refractivity contribution < 1.29 is 19.1 Å². The van der Waals surface area contributed by atoms with E-state index >= 15 is 0 Å². The summed E-state index contributed by atoms with van der Waals surface area (Å²) in [5, 5.41) is 6.53. The maximum Gasteiger partial charge on any atom is 0.321 e. The van der Waals surface area contributed by atoms with Crippen molar-refractivity contribution in [2.24, 2.45) is 11.3 Å². The van der Waals surface area contributed by atoms with Crippen LogP contribution in [0.3, 0.4) is 0 Å². The molecule has 7 nitrogen and oxygen atoms in total. The second kappa shape index (κ2) is 7.79. The van der Waals surface area contributed by atoms with Crippen LogP contribution in [0.2, 0.25) is 5.02 Å². The molecule has 2 N–H and O–H groups in total. The third-order valence-corrected chi connectivity index (χ3v) is 6.30. The number of halogens is 1. The van der Waals surface area contributed by atoms with Gasteiger partial charge in [0.15, 0.2) is 0 Å². The molecule has 0 radical (unpaired) electrons. The van der Waals surface area contributed by atoms with E-state index in [2.05, 4.69) is 10.6 Å². The van der Waals surface area contributed by atoms with Gasteiger partial charge in [-0.25, -0.2) is 4.79 Å². The number of urea groups is 1. The summed E-state index contributed by atoms with van der Waals surface area (Å²) in [6.07, 6.45) is 3.68. The highest BCUT2D eigenvalue weighted by Gasteiger charge is 2.52. The molecule has 2 heterocycles. The van der Waals surface area contributed by atoms with E-state index in [1.165, 1.54) is 0 Å². The van der Waals surface area contributed by atoms with E-state index in [0.717, 1.165) is 25.7 Å². The van der Waals surface area contributed by atoms with Gasteiger partial charge in [0, 0.05) is 42.8 Å². The van der Waals surface area contributed by atoms with Crippen LogP contribution in [0.1, 0.15) is 25.7 Å². The summed E-state index contributed by atoms with van der Waals surface area (Å²) in [5.74, 6) is 0.407. The highest BCUT2D eigenvalue weighted by Crippen LogP contribution is 2.45. The highest BCUT2D eigenvalue weighted by atomic mass is 35.5. The Morgan fingerprint density at radius 3 is 2.71 bits per heavy atom. The van der Waals surface area contributed by atoms with Crippen molar-refractivity contribution in [3.63, 3.8) is 0 Å². The number of nitrogens with one attached hydrogen (secondary N) is 2. The number of methoxy groups -OCH3 is 1. The fraction of sp³-hybridized carbons (Fsp3) is 0.600. The molecule has 3 aliphatic rings. The number of ether oxygens (including phenoxy) is 2. The van der Waals surface area contributed by atoms with Gasteiger partial charge < -0.3 is 25.0 Å². The molecule has 1 aromatic rings. The monoisotopic (exact) mass is 407 g/mol. The smallest absolute Gasteiger partial charge is 0.321 e. The van der Waals surface area contributed by atoms with Crippen LogP contribution in [0.5, 0.6) is 5.75 Å². The first-order valence-corrected chi connectivity index (χ1v) is 10.2. The van der Waals surface area contributed by atoms with Crippen molar-refractivity contribution >= 4 is 29.2 Å². The molecule has 8 heteroatoms. The Labute approximate surface area is 169 Å². The van der Waals surface area contributed by atoms with Crippen LogP contribution in [0.25, 0.3) is 0 Å². The molecule has 3 fully saturated rings. The zero-order valence-corrected chi connectivity index (χ0v) is 16.8. The van der Waals surface area contributed by atoms with Crippen LogP contribution in [-0.2, 0) is 9.53 Å². The minimum atomic E-state index is -0.242. The van der Waals surface area contributed by atoms with E-state index in [1.807, 2.05) is 0 Å². The van der Waals surface area contributed by atoms with Gasteiger partial charge in [-0.3, -0.25) is 4.79 Å². The van der Waals surface area contributed by atoms with Gasteiger partial charge in [-0.2, -0.15) is 0 Å². The number of benzene rings is 1. The van der Waals surface area contributed by atoms with Crippen LogP contribution in [0, 0.1) is 11.3 Å². The highest BCUT2D eigenvalue weighted by molar-refractivity contribution is 6.31. The molecule has 0 aromatic heterocycles. The molecule has 1 aliphatic carbocycles. The molecule has 0 unspecified atom stereocenters. The second-order valence-electron chi connectivity index (χ2n) is 7.97. The maximum absolute atomic E-state index is 13.0. The molecule has 1 aromatic carbocycles. The lowest BCUT2D eigenvalue weighted by Crippen LogP contribution is -2.45. The molecular formula is C20H26ClN3O4. The van der Waals surface area contributed by atoms with E-state index < -0.39 is 0 Å². The van der Waals surface area contributed by atoms with Gasteiger partial charge in [0.1, 0.15) is 5.75 Å². The second-order valence-corrected chi connectivity index (χ2v) is 8.40. The third kappa shape index (κ3) is 3.91. The summed E-state index contributed by atoms with van der Waals surface area (Å²) in [7, 11) is 1.55. The third-order valence-electron chi connectivity index (χ3n) is 6.07. The first-order chi connectivity index (χ1) is 13.5. The Balaban J connectivity index is 1.50. The van der Waals surface area contributed by atoms with Crippen molar-refractivity contribution in [1.29, 1.82) is 0 Å². The van der Waals surface area contributed by atoms with E-state index in [9.17, 15) is 9.59 Å². The first-order valence-electron chi connectivity index (χ1n) is 9.78. The predicted octanol–water partition coefficient (Wildman–Crippen LogP) is 2.89. The van der Waals surface area contributed by atoms with E-state index in [1.54, 1.807) is 30.2 Å². The maximum atomic E-state index is 13.0. The zero-order valence-electron chi connectivity index (χ0n) is 16.0. The Bertz CT molecular complexity index is 762. The molecule has 1 spiro atoms. The lowest BCUT2D eigenvalue weighted by molar-refractivity contribution is -0.130. The van der Waals surface area contributed by atoms with E-state index in [-0.39, 0.29) is 23.3 Å². The topological polar surface area (TPSA) is 79.9 Å². The van der Waals surface area contributed by atoms with Crippen molar-refractivity contribution in [1.82, 2.24) is 10.2 Å². The number of anilines is 1. The van der Waals surface area contributed by atoms with Crippen LogP contribution in [0.15, 0.2) is 18.2 Å². The van der Waals surface area contributed by atoms with E-state index in [0.29, 0.717) is 48.8 Å². The standard InChI is InChI=1S/C20H26ClN3O4/c1-27-17-5-2-13(21)10-16(17)23-19(26)24-11-15(18(25)22-14-3-4-14)20(12-24)6-8-28-9-7-20/h2,5,10,14-15H,3-4,6-9,11-12H2,1H3,(H,22,25)(H,23,26)/t15-/m1/s1. The van der Waals surface area contributed by atoms with Crippen LogP contribution in [0.4, 0.5) is 10.5 Å². The Morgan fingerprint density at radius 1 is 1.29 bits per heavy atom. The van der Waals surface area contributed by atoms with Gasteiger partial charge in [-0.15, -0.1) is 0 Å². The number of hydrogen-bond acceptors (Lipinski definition) is 4. The van der Waals surface area contributed by atoms with Crippen molar-refractivity contribution in [3.05, 3.63) is 23.2 Å². The SMILES string of the molecule is COc1ccc(Cl)cc1NC(=O)N1C[C@H](C(=O)NC2CC2)C2(CCOCC2)C1. The molecular weight excluding hydrogens is 382 g/mol. The van der Waals surface area contributed by atoms with Crippen molar-refractivity contribution in [2.75, 3.05) is 38.7 Å². The predicted molar refractivity (Wildman–Crippen MR) is 106 cm³/mol. The minimum Gasteiger partial charge on any atom is -0.495 e. The zero-order chi connectivity index (χ0) is 19.7. The largest absolute Gasteiger partial charge is 0.495 e. The fourth-order valence-corrected chi connectivity index (χ4v) is 4.44. The van der Waals surface area contributed by atoms with Gasteiger partial charge in [-0.1, -0.05) is 11.6 Å². The molecule has 4 rings (SSSR count). The summed E-state index contributed by atoms with van der Waals surface area (Å²) in [6.45, 7) is 2.22. The van der Waals surface area contributed by atoms with E-state index in [4.69, 9.17) is 21.1 Å². The normalized spacial score (nSPS) is 23.5.